The molecule has 0 atom stereocenters. The zero-order valence-electron chi connectivity index (χ0n) is 14.3. The molecule has 2 N–H and O–H groups in total. The highest BCUT2D eigenvalue weighted by Gasteiger charge is 2.22. The van der Waals surface area contributed by atoms with Crippen molar-refractivity contribution in [1.29, 1.82) is 0 Å². The lowest BCUT2D eigenvalue weighted by Gasteiger charge is -2.31. The first-order chi connectivity index (χ1) is 11.6. The maximum atomic E-state index is 12.8. The Balaban J connectivity index is 0.00000312. The summed E-state index contributed by atoms with van der Waals surface area (Å²) in [5.74, 6) is -0.573. The molecule has 0 unspecified atom stereocenters. The van der Waals surface area contributed by atoms with E-state index in [4.69, 9.17) is 4.74 Å². The highest BCUT2D eigenvalue weighted by atomic mass is 35.5. The molecule has 0 saturated carbocycles. The zero-order chi connectivity index (χ0) is 17.4. The van der Waals surface area contributed by atoms with Crippen LogP contribution >= 0.6 is 0 Å². The Labute approximate surface area is 153 Å². The Hall–Kier alpha value is -1.86. The molecular formula is C17H24ClFN3O3-. The summed E-state index contributed by atoms with van der Waals surface area (Å²) in [7, 11) is 0. The average Bonchev–Trinajstić information content (AvgIpc) is 2.60. The second-order valence-corrected chi connectivity index (χ2v) is 5.68. The number of benzene rings is 1. The highest BCUT2D eigenvalue weighted by Crippen LogP contribution is 2.11. The second-order valence-electron chi connectivity index (χ2n) is 5.68. The van der Waals surface area contributed by atoms with Crippen LogP contribution in [0.4, 0.5) is 9.18 Å². The zero-order valence-corrected chi connectivity index (χ0v) is 15.0. The Kier molecular flexibility index (Phi) is 9.23. The largest absolute Gasteiger partial charge is 1.00 e. The fraction of sp³-hybridized carbons (Fsp3) is 0.529. The Morgan fingerprint density at radius 1 is 1.20 bits per heavy atom. The molecule has 8 heteroatoms. The third-order valence-corrected chi connectivity index (χ3v) is 3.97. The van der Waals surface area contributed by atoms with E-state index in [0.717, 1.165) is 12.8 Å². The van der Waals surface area contributed by atoms with Gasteiger partial charge in [-0.05, 0) is 44.0 Å². The number of piperidine rings is 1. The van der Waals surface area contributed by atoms with Crippen LogP contribution in [0.1, 0.15) is 30.1 Å². The molecule has 0 bridgehead atoms. The fourth-order valence-corrected chi connectivity index (χ4v) is 2.64. The molecule has 2 rings (SSSR count). The van der Waals surface area contributed by atoms with Gasteiger partial charge in [0, 0.05) is 37.8 Å². The summed E-state index contributed by atoms with van der Waals surface area (Å²) in [6, 6.07) is 5.79. The molecule has 2 amide bonds. The third-order valence-electron chi connectivity index (χ3n) is 3.97. The standard InChI is InChI=1S/C17H24FN3O3.ClH/c1-2-24-17(23)21-11-7-15(8-12-21)19-9-10-20-16(22)13-3-5-14(18)6-4-13;/h3-6,15,19H,2,7-12H2,1H3,(H,20,22);1H/p-1. The van der Waals surface area contributed by atoms with E-state index in [1.54, 1.807) is 11.8 Å². The number of nitrogens with zero attached hydrogens (tertiary/aromatic N) is 1. The summed E-state index contributed by atoms with van der Waals surface area (Å²) in [4.78, 5) is 25.2. The predicted octanol–water partition coefficient (Wildman–Crippen LogP) is -1.23. The van der Waals surface area contributed by atoms with E-state index in [0.29, 0.717) is 44.4 Å². The molecule has 6 nitrogen and oxygen atoms in total. The van der Waals surface area contributed by atoms with E-state index in [-0.39, 0.29) is 30.2 Å². The van der Waals surface area contributed by atoms with E-state index < -0.39 is 0 Å². The van der Waals surface area contributed by atoms with E-state index in [9.17, 15) is 14.0 Å². The number of nitrogens with one attached hydrogen (secondary N) is 2. The van der Waals surface area contributed by atoms with Crippen LogP contribution in [0, 0.1) is 5.82 Å². The highest BCUT2D eigenvalue weighted by molar-refractivity contribution is 5.94. The lowest BCUT2D eigenvalue weighted by atomic mass is 10.1. The summed E-state index contributed by atoms with van der Waals surface area (Å²) >= 11 is 0. The molecule has 1 aliphatic rings. The molecule has 1 saturated heterocycles. The van der Waals surface area contributed by atoms with E-state index in [1.807, 2.05) is 0 Å². The van der Waals surface area contributed by atoms with Crippen LogP contribution in [0.25, 0.3) is 0 Å². The van der Waals surface area contributed by atoms with Gasteiger partial charge >= 0.3 is 6.09 Å². The number of amides is 2. The smallest absolute Gasteiger partial charge is 0.409 e. The van der Waals surface area contributed by atoms with E-state index in [1.165, 1.54) is 24.3 Å². The minimum absolute atomic E-state index is 0. The molecule has 1 aromatic carbocycles. The van der Waals surface area contributed by atoms with Crippen molar-refractivity contribution in [3.05, 3.63) is 35.6 Å². The molecule has 1 aromatic rings. The third kappa shape index (κ3) is 6.88. The van der Waals surface area contributed by atoms with Gasteiger partial charge in [0.2, 0.25) is 0 Å². The SMILES string of the molecule is CCOC(=O)N1CCC(NCCNC(=O)c2ccc(F)cc2)CC1.[Cl-]. The summed E-state index contributed by atoms with van der Waals surface area (Å²) in [6.45, 7) is 4.69. The van der Waals surface area contributed by atoms with Crippen molar-refractivity contribution in [2.75, 3.05) is 32.8 Å². The maximum Gasteiger partial charge on any atom is 0.409 e. The van der Waals surface area contributed by atoms with Gasteiger partial charge in [0.1, 0.15) is 5.82 Å². The molecule has 0 spiro atoms. The van der Waals surface area contributed by atoms with E-state index in [2.05, 4.69) is 10.6 Å². The van der Waals surface area contributed by atoms with Gasteiger partial charge in [-0.15, -0.1) is 0 Å². The number of halogens is 2. The Morgan fingerprint density at radius 2 is 1.84 bits per heavy atom. The summed E-state index contributed by atoms with van der Waals surface area (Å²) in [6.07, 6.45) is 1.48. The van der Waals surface area contributed by atoms with Gasteiger partial charge in [0.25, 0.3) is 5.91 Å². The summed E-state index contributed by atoms with van der Waals surface area (Å²) in [5.41, 5.74) is 0.444. The maximum absolute atomic E-state index is 12.8. The summed E-state index contributed by atoms with van der Waals surface area (Å²) < 4.78 is 17.8. The second kappa shape index (κ2) is 10.9. The number of carbonyl (C=O) groups excluding carboxylic acids is 2. The van der Waals surface area contributed by atoms with Crippen LogP contribution in [-0.2, 0) is 4.74 Å². The van der Waals surface area contributed by atoms with Crippen molar-refractivity contribution in [1.82, 2.24) is 15.5 Å². The number of carbonyl (C=O) groups is 2. The van der Waals surface area contributed by atoms with Gasteiger partial charge in [-0.1, -0.05) is 0 Å². The van der Waals surface area contributed by atoms with Crippen LogP contribution in [0.5, 0.6) is 0 Å². The van der Waals surface area contributed by atoms with Crippen molar-refractivity contribution in [3.8, 4) is 0 Å². The number of ether oxygens (including phenoxy) is 1. The van der Waals surface area contributed by atoms with Gasteiger partial charge < -0.3 is 32.7 Å². The summed E-state index contributed by atoms with van der Waals surface area (Å²) in [5, 5.41) is 6.17. The predicted molar refractivity (Wildman–Crippen MR) is 88.4 cm³/mol. The molecule has 1 aliphatic heterocycles. The minimum atomic E-state index is -0.359. The molecule has 140 valence electrons. The lowest BCUT2D eigenvalue weighted by Crippen LogP contribution is -3.00. The topological polar surface area (TPSA) is 70.7 Å². The Morgan fingerprint density at radius 3 is 2.44 bits per heavy atom. The van der Waals surface area contributed by atoms with Crippen LogP contribution in [-0.4, -0.2) is 55.7 Å². The van der Waals surface area contributed by atoms with Gasteiger partial charge in [0.15, 0.2) is 0 Å². The molecule has 0 aromatic heterocycles. The molecular weight excluding hydrogens is 349 g/mol. The lowest BCUT2D eigenvalue weighted by molar-refractivity contribution is -0.0000222. The Bertz CT molecular complexity index is 549. The van der Waals surface area contributed by atoms with Crippen molar-refractivity contribution < 1.29 is 31.1 Å². The van der Waals surface area contributed by atoms with Crippen molar-refractivity contribution >= 4 is 12.0 Å². The number of likely N-dealkylation sites (tertiary alicyclic amines) is 1. The first-order valence-electron chi connectivity index (χ1n) is 8.29. The van der Waals surface area contributed by atoms with Crippen LogP contribution < -0.4 is 23.0 Å². The molecule has 0 aliphatic carbocycles. The molecule has 25 heavy (non-hydrogen) atoms. The van der Waals surface area contributed by atoms with Gasteiger partial charge in [-0.3, -0.25) is 4.79 Å². The van der Waals surface area contributed by atoms with Crippen molar-refractivity contribution in [2.24, 2.45) is 0 Å². The van der Waals surface area contributed by atoms with E-state index >= 15 is 0 Å². The van der Waals surface area contributed by atoms with Crippen LogP contribution in [0.15, 0.2) is 24.3 Å². The average molecular weight is 373 g/mol. The van der Waals surface area contributed by atoms with Gasteiger partial charge in [-0.2, -0.15) is 0 Å². The van der Waals surface area contributed by atoms with Crippen LogP contribution in [0.3, 0.4) is 0 Å². The van der Waals surface area contributed by atoms with Gasteiger partial charge in [0.05, 0.1) is 6.61 Å². The van der Waals surface area contributed by atoms with Crippen molar-refractivity contribution in [2.45, 2.75) is 25.8 Å². The number of rotatable bonds is 6. The molecule has 1 fully saturated rings. The quantitative estimate of drug-likeness (QED) is 0.614. The normalized spacial score (nSPS) is 14.6. The van der Waals surface area contributed by atoms with Crippen LogP contribution in [0.2, 0.25) is 0 Å². The monoisotopic (exact) mass is 372 g/mol. The first kappa shape index (κ1) is 21.2. The van der Waals surface area contributed by atoms with Crippen molar-refractivity contribution in [3.63, 3.8) is 0 Å². The number of hydrogen-bond acceptors (Lipinski definition) is 4. The molecule has 0 radical (unpaired) electrons. The minimum Gasteiger partial charge on any atom is -1.00 e. The first-order valence-corrected chi connectivity index (χ1v) is 8.29. The molecule has 1 heterocycles. The number of hydrogen-bond donors (Lipinski definition) is 2. The van der Waals surface area contributed by atoms with Gasteiger partial charge in [-0.25, -0.2) is 9.18 Å². The fourth-order valence-electron chi connectivity index (χ4n) is 2.64.